The Morgan fingerprint density at radius 2 is 2.14 bits per heavy atom. The third kappa shape index (κ3) is 3.84. The highest BCUT2D eigenvalue weighted by Gasteiger charge is 2.31. The van der Waals surface area contributed by atoms with Crippen LogP contribution in [0.1, 0.15) is 52.9 Å². The lowest BCUT2D eigenvalue weighted by Crippen LogP contribution is -2.31. The second-order valence-electron chi connectivity index (χ2n) is 7.07. The molecule has 2 aromatic carbocycles. The van der Waals surface area contributed by atoms with E-state index in [1.165, 1.54) is 30.5 Å². The molecule has 2 heterocycles. The number of halogens is 1. The summed E-state index contributed by atoms with van der Waals surface area (Å²) < 4.78 is 5.42. The Bertz CT molecular complexity index is 922. The van der Waals surface area contributed by atoms with E-state index in [0.717, 1.165) is 18.7 Å². The van der Waals surface area contributed by atoms with Gasteiger partial charge in [-0.25, -0.2) is 0 Å². The van der Waals surface area contributed by atoms with Crippen LogP contribution in [-0.2, 0) is 6.42 Å². The van der Waals surface area contributed by atoms with E-state index in [9.17, 15) is 10.1 Å². The molecule has 28 heavy (non-hydrogen) atoms. The Kier molecular flexibility index (Phi) is 6.23. The lowest BCUT2D eigenvalue weighted by Gasteiger charge is -2.32. The number of ether oxygens (including phenoxy) is 1. The summed E-state index contributed by atoms with van der Waals surface area (Å²) in [5.41, 5.74) is 4.37. The Labute approximate surface area is 171 Å². The molecule has 6 heteroatoms. The minimum absolute atomic E-state index is 0. The monoisotopic (exact) mass is 397 g/mol. The summed E-state index contributed by atoms with van der Waals surface area (Å²) in [6, 6.07) is 13.8. The molecule has 2 aliphatic heterocycles. The van der Waals surface area contributed by atoms with Crippen molar-refractivity contribution in [3.05, 3.63) is 58.7 Å². The van der Waals surface area contributed by atoms with Crippen molar-refractivity contribution in [1.82, 2.24) is 4.90 Å². The molecule has 4 rings (SSSR count). The van der Waals surface area contributed by atoms with Crippen molar-refractivity contribution in [2.24, 2.45) is 0 Å². The standard InChI is InChI=1S/C22H23N3O2.ClH/c1-2-27-21-8-6-16(12-17(21)14-23)22(26)24-18-7-5-15-9-11-25-10-3-4-20(25)19(15)13-18;/h5-8,12-13,20H,2-4,9-11H2,1H3,(H,24,26);1H. The summed E-state index contributed by atoms with van der Waals surface area (Å²) in [7, 11) is 0. The van der Waals surface area contributed by atoms with Crippen molar-refractivity contribution >= 4 is 24.0 Å². The first-order valence-corrected chi connectivity index (χ1v) is 9.54. The molecule has 5 nitrogen and oxygen atoms in total. The maximum Gasteiger partial charge on any atom is 0.255 e. The molecule has 1 saturated heterocycles. The van der Waals surface area contributed by atoms with Gasteiger partial charge in [-0.3, -0.25) is 9.69 Å². The minimum Gasteiger partial charge on any atom is -0.492 e. The summed E-state index contributed by atoms with van der Waals surface area (Å²) in [5, 5.41) is 12.3. The quantitative estimate of drug-likeness (QED) is 0.834. The minimum atomic E-state index is -0.214. The number of carbonyl (C=O) groups excluding carboxylic acids is 1. The fourth-order valence-corrected chi connectivity index (χ4v) is 4.16. The van der Waals surface area contributed by atoms with E-state index in [-0.39, 0.29) is 18.3 Å². The highest BCUT2D eigenvalue weighted by Crippen LogP contribution is 2.38. The van der Waals surface area contributed by atoms with Crippen LogP contribution in [0, 0.1) is 11.3 Å². The van der Waals surface area contributed by atoms with Gasteiger partial charge >= 0.3 is 0 Å². The van der Waals surface area contributed by atoms with Gasteiger partial charge in [0.05, 0.1) is 12.2 Å². The molecule has 0 aromatic heterocycles. The van der Waals surface area contributed by atoms with Gasteiger partial charge in [-0.2, -0.15) is 5.26 Å². The van der Waals surface area contributed by atoms with Crippen LogP contribution >= 0.6 is 12.4 Å². The van der Waals surface area contributed by atoms with E-state index in [0.29, 0.717) is 29.5 Å². The van der Waals surface area contributed by atoms with E-state index < -0.39 is 0 Å². The number of amides is 1. The molecule has 146 valence electrons. The molecule has 1 atom stereocenters. The number of benzene rings is 2. The Morgan fingerprint density at radius 3 is 2.93 bits per heavy atom. The molecule has 0 spiro atoms. The molecule has 1 N–H and O–H groups in total. The number of rotatable bonds is 4. The van der Waals surface area contributed by atoms with Crippen LogP contribution in [0.25, 0.3) is 0 Å². The zero-order valence-corrected chi connectivity index (χ0v) is 16.7. The number of nitrogens with zero attached hydrogens (tertiary/aromatic N) is 2. The van der Waals surface area contributed by atoms with Gasteiger partial charge in [-0.15, -0.1) is 12.4 Å². The lowest BCUT2D eigenvalue weighted by atomic mass is 9.92. The van der Waals surface area contributed by atoms with Crippen LogP contribution in [0.5, 0.6) is 5.75 Å². The SMILES string of the molecule is CCOc1ccc(C(=O)Nc2ccc3c(c2)C2CCCN2CC3)cc1C#N.Cl. The summed E-state index contributed by atoms with van der Waals surface area (Å²) in [6.45, 7) is 4.65. The lowest BCUT2D eigenvalue weighted by molar-refractivity contribution is 0.102. The molecule has 0 bridgehead atoms. The number of fused-ring (bicyclic) bond motifs is 3. The predicted molar refractivity (Wildman–Crippen MR) is 111 cm³/mol. The molecule has 1 amide bonds. The van der Waals surface area contributed by atoms with Crippen LogP contribution in [0.4, 0.5) is 5.69 Å². The van der Waals surface area contributed by atoms with E-state index >= 15 is 0 Å². The number of anilines is 1. The molecule has 1 unspecified atom stereocenters. The first-order valence-electron chi connectivity index (χ1n) is 9.54. The highest BCUT2D eigenvalue weighted by atomic mass is 35.5. The van der Waals surface area contributed by atoms with Crippen LogP contribution < -0.4 is 10.1 Å². The first-order chi connectivity index (χ1) is 13.2. The molecular formula is C22H24ClN3O2. The fraction of sp³-hybridized carbons (Fsp3) is 0.364. The zero-order valence-electron chi connectivity index (χ0n) is 15.9. The smallest absolute Gasteiger partial charge is 0.255 e. The van der Waals surface area contributed by atoms with E-state index in [2.05, 4.69) is 28.4 Å². The second-order valence-corrected chi connectivity index (χ2v) is 7.07. The molecule has 2 aromatic rings. The Hall–Kier alpha value is -2.55. The van der Waals surface area contributed by atoms with Crippen molar-refractivity contribution in [1.29, 1.82) is 5.26 Å². The molecule has 1 fully saturated rings. The molecule has 2 aliphatic rings. The van der Waals surface area contributed by atoms with E-state index in [1.54, 1.807) is 18.2 Å². The van der Waals surface area contributed by atoms with Crippen molar-refractivity contribution in [3.63, 3.8) is 0 Å². The van der Waals surface area contributed by atoms with Crippen molar-refractivity contribution in [2.75, 3.05) is 25.0 Å². The Balaban J connectivity index is 0.00000225. The molecule has 0 radical (unpaired) electrons. The summed E-state index contributed by atoms with van der Waals surface area (Å²) >= 11 is 0. The van der Waals surface area contributed by atoms with Gasteiger partial charge in [0.2, 0.25) is 0 Å². The third-order valence-electron chi connectivity index (χ3n) is 5.46. The second kappa shape index (κ2) is 8.64. The topological polar surface area (TPSA) is 65.4 Å². The van der Waals surface area contributed by atoms with Gasteiger partial charge < -0.3 is 10.1 Å². The number of nitriles is 1. The third-order valence-corrected chi connectivity index (χ3v) is 5.46. The molecular weight excluding hydrogens is 374 g/mol. The van der Waals surface area contributed by atoms with Gasteiger partial charge in [-0.1, -0.05) is 6.07 Å². The van der Waals surface area contributed by atoms with Crippen molar-refractivity contribution < 1.29 is 9.53 Å². The van der Waals surface area contributed by atoms with Gasteiger partial charge in [0.15, 0.2) is 0 Å². The van der Waals surface area contributed by atoms with Crippen LogP contribution in [-0.4, -0.2) is 30.5 Å². The fourth-order valence-electron chi connectivity index (χ4n) is 4.16. The first kappa shape index (κ1) is 20.2. The van der Waals surface area contributed by atoms with Crippen LogP contribution in [0.15, 0.2) is 36.4 Å². The molecule has 0 saturated carbocycles. The average molecular weight is 398 g/mol. The number of hydrogen-bond donors (Lipinski definition) is 1. The predicted octanol–water partition coefficient (Wildman–Crippen LogP) is 4.32. The van der Waals surface area contributed by atoms with Crippen molar-refractivity contribution in [3.8, 4) is 11.8 Å². The zero-order chi connectivity index (χ0) is 18.8. The largest absolute Gasteiger partial charge is 0.492 e. The number of hydrogen-bond acceptors (Lipinski definition) is 4. The number of nitrogens with one attached hydrogen (secondary N) is 1. The van der Waals surface area contributed by atoms with Gasteiger partial charge in [0.25, 0.3) is 5.91 Å². The van der Waals surface area contributed by atoms with E-state index in [1.807, 2.05) is 13.0 Å². The maximum absolute atomic E-state index is 12.7. The van der Waals surface area contributed by atoms with E-state index in [4.69, 9.17) is 4.74 Å². The summed E-state index contributed by atoms with van der Waals surface area (Å²) in [6.07, 6.45) is 3.50. The summed E-state index contributed by atoms with van der Waals surface area (Å²) in [4.78, 5) is 15.2. The van der Waals surface area contributed by atoms with Gasteiger partial charge in [0, 0.05) is 23.8 Å². The number of carbonyl (C=O) groups is 1. The average Bonchev–Trinajstić information content (AvgIpc) is 3.18. The van der Waals surface area contributed by atoms with Gasteiger partial charge in [-0.05, 0) is 74.2 Å². The summed E-state index contributed by atoms with van der Waals surface area (Å²) in [5.74, 6) is 0.292. The molecule has 0 aliphatic carbocycles. The normalized spacial score (nSPS) is 17.6. The van der Waals surface area contributed by atoms with Crippen LogP contribution in [0.3, 0.4) is 0 Å². The van der Waals surface area contributed by atoms with Crippen LogP contribution in [0.2, 0.25) is 0 Å². The Morgan fingerprint density at radius 1 is 1.29 bits per heavy atom. The maximum atomic E-state index is 12.7. The highest BCUT2D eigenvalue weighted by molar-refractivity contribution is 6.04. The van der Waals surface area contributed by atoms with Gasteiger partial charge in [0.1, 0.15) is 11.8 Å². The van der Waals surface area contributed by atoms with Crippen molar-refractivity contribution in [2.45, 2.75) is 32.2 Å².